The van der Waals surface area contributed by atoms with Crippen molar-refractivity contribution in [1.82, 2.24) is 5.32 Å². The van der Waals surface area contributed by atoms with Crippen LogP contribution in [0, 0.1) is 5.92 Å². The molecule has 90 valence electrons. The Morgan fingerprint density at radius 2 is 2.06 bits per heavy atom. The quantitative estimate of drug-likeness (QED) is 0.860. The minimum absolute atomic E-state index is 0.164. The van der Waals surface area contributed by atoms with Crippen LogP contribution < -0.4 is 5.32 Å². The topological polar surface area (TPSA) is 29.1 Å². The molecule has 0 saturated carbocycles. The molecule has 17 heavy (non-hydrogen) atoms. The molecule has 1 aromatic rings. The van der Waals surface area contributed by atoms with Crippen LogP contribution in [0.15, 0.2) is 42.5 Å². The number of carbonyl (C=O) groups excluding carboxylic acids is 1. The average Bonchev–Trinajstić information content (AvgIpc) is 2.56. The summed E-state index contributed by atoms with van der Waals surface area (Å²) in [6, 6.07) is 10.3. The van der Waals surface area contributed by atoms with Crippen LogP contribution >= 0.6 is 0 Å². The van der Waals surface area contributed by atoms with Crippen LogP contribution in [0.25, 0.3) is 0 Å². The summed E-state index contributed by atoms with van der Waals surface area (Å²) in [5.74, 6) is 0.445. The molecular weight excluding hydrogens is 210 g/mol. The molecule has 1 N–H and O–H groups in total. The van der Waals surface area contributed by atoms with E-state index in [-0.39, 0.29) is 11.7 Å². The maximum absolute atomic E-state index is 11.7. The van der Waals surface area contributed by atoms with Gasteiger partial charge in [-0.15, -0.1) is 0 Å². The van der Waals surface area contributed by atoms with E-state index in [2.05, 4.69) is 17.4 Å². The van der Waals surface area contributed by atoms with Crippen LogP contribution in [0.1, 0.15) is 24.8 Å². The molecule has 0 fully saturated rings. The number of ketones is 1. The summed E-state index contributed by atoms with van der Waals surface area (Å²) >= 11 is 0. The zero-order chi connectivity index (χ0) is 11.9. The van der Waals surface area contributed by atoms with Crippen LogP contribution in [0.5, 0.6) is 0 Å². The van der Waals surface area contributed by atoms with Gasteiger partial charge in [-0.1, -0.05) is 36.4 Å². The second-order valence-corrected chi connectivity index (χ2v) is 4.55. The summed E-state index contributed by atoms with van der Waals surface area (Å²) in [4.78, 5) is 11.7. The zero-order valence-electron chi connectivity index (χ0n) is 10.1. The second-order valence-electron chi connectivity index (χ2n) is 4.55. The van der Waals surface area contributed by atoms with Crippen molar-refractivity contribution in [3.05, 3.63) is 48.0 Å². The first kappa shape index (κ1) is 12.1. The number of allylic oxidation sites excluding steroid dienone is 2. The number of carbonyl (C=O) groups is 1. The van der Waals surface area contributed by atoms with Crippen molar-refractivity contribution in [2.24, 2.45) is 5.92 Å². The molecule has 0 amide bonds. The summed E-state index contributed by atoms with van der Waals surface area (Å²) in [5.41, 5.74) is 1.27. The molecular formula is C15H19NO. The van der Waals surface area contributed by atoms with Crippen LogP contribution in [-0.2, 0) is 11.3 Å². The van der Waals surface area contributed by atoms with Gasteiger partial charge >= 0.3 is 0 Å². The minimum atomic E-state index is 0.164. The molecule has 0 aliphatic heterocycles. The third kappa shape index (κ3) is 3.82. The number of hydrogen-bond acceptors (Lipinski definition) is 2. The molecule has 0 spiro atoms. The van der Waals surface area contributed by atoms with E-state index < -0.39 is 0 Å². The van der Waals surface area contributed by atoms with Crippen molar-refractivity contribution in [2.45, 2.75) is 25.8 Å². The van der Waals surface area contributed by atoms with Gasteiger partial charge in [-0.05, 0) is 30.9 Å². The molecule has 2 rings (SSSR count). The molecule has 0 saturated heterocycles. The van der Waals surface area contributed by atoms with Crippen molar-refractivity contribution in [2.75, 3.05) is 6.54 Å². The monoisotopic (exact) mass is 229 g/mol. The van der Waals surface area contributed by atoms with Crippen LogP contribution in [-0.4, -0.2) is 12.3 Å². The molecule has 1 aromatic carbocycles. The maximum atomic E-state index is 11.7. The molecule has 1 unspecified atom stereocenters. The number of benzene rings is 1. The Bertz CT molecular complexity index is 383. The SMILES string of the molecule is O=C1C=CCCCC1CNCc1ccccc1. The first-order valence-corrected chi connectivity index (χ1v) is 6.31. The lowest BCUT2D eigenvalue weighted by Crippen LogP contribution is -2.27. The highest BCUT2D eigenvalue weighted by Gasteiger charge is 2.16. The fourth-order valence-corrected chi connectivity index (χ4v) is 2.15. The van der Waals surface area contributed by atoms with E-state index in [1.165, 1.54) is 5.56 Å². The van der Waals surface area contributed by atoms with Crippen molar-refractivity contribution < 1.29 is 4.79 Å². The minimum Gasteiger partial charge on any atom is -0.312 e. The van der Waals surface area contributed by atoms with E-state index in [0.29, 0.717) is 0 Å². The number of hydrogen-bond donors (Lipinski definition) is 1. The third-order valence-corrected chi connectivity index (χ3v) is 3.17. The second kappa shape index (κ2) is 6.36. The Morgan fingerprint density at radius 3 is 2.88 bits per heavy atom. The normalized spacial score (nSPS) is 20.2. The highest BCUT2D eigenvalue weighted by atomic mass is 16.1. The molecule has 2 nitrogen and oxygen atoms in total. The lowest BCUT2D eigenvalue weighted by molar-refractivity contribution is -0.118. The lowest BCUT2D eigenvalue weighted by atomic mass is 9.99. The molecule has 1 aliphatic rings. The predicted octanol–water partition coefficient (Wildman–Crippen LogP) is 2.70. The van der Waals surface area contributed by atoms with Gasteiger partial charge in [0, 0.05) is 19.0 Å². The smallest absolute Gasteiger partial charge is 0.159 e. The number of rotatable bonds is 4. The van der Waals surface area contributed by atoms with Gasteiger partial charge in [-0.2, -0.15) is 0 Å². The van der Waals surface area contributed by atoms with E-state index >= 15 is 0 Å². The Labute approximate surface area is 103 Å². The van der Waals surface area contributed by atoms with Crippen molar-refractivity contribution in [3.8, 4) is 0 Å². The Hall–Kier alpha value is -1.41. The average molecular weight is 229 g/mol. The summed E-state index contributed by atoms with van der Waals surface area (Å²) in [6.07, 6.45) is 6.93. The highest BCUT2D eigenvalue weighted by molar-refractivity contribution is 5.92. The van der Waals surface area contributed by atoms with E-state index in [0.717, 1.165) is 32.4 Å². The summed E-state index contributed by atoms with van der Waals surface area (Å²) in [7, 11) is 0. The summed E-state index contributed by atoms with van der Waals surface area (Å²) < 4.78 is 0. The lowest BCUT2D eigenvalue weighted by Gasteiger charge is -2.13. The molecule has 1 atom stereocenters. The van der Waals surface area contributed by atoms with Gasteiger partial charge < -0.3 is 5.32 Å². The van der Waals surface area contributed by atoms with E-state index in [9.17, 15) is 4.79 Å². The fraction of sp³-hybridized carbons (Fsp3) is 0.400. The molecule has 0 aromatic heterocycles. The maximum Gasteiger partial charge on any atom is 0.159 e. The largest absolute Gasteiger partial charge is 0.312 e. The van der Waals surface area contributed by atoms with Gasteiger partial charge in [0.15, 0.2) is 5.78 Å². The van der Waals surface area contributed by atoms with Crippen molar-refractivity contribution >= 4 is 5.78 Å². The van der Waals surface area contributed by atoms with Crippen molar-refractivity contribution in [1.29, 1.82) is 0 Å². The molecule has 2 heteroatoms. The highest BCUT2D eigenvalue weighted by Crippen LogP contribution is 2.14. The summed E-state index contributed by atoms with van der Waals surface area (Å²) in [6.45, 7) is 1.63. The van der Waals surface area contributed by atoms with Crippen LogP contribution in [0.2, 0.25) is 0 Å². The van der Waals surface area contributed by atoms with E-state index in [4.69, 9.17) is 0 Å². The van der Waals surface area contributed by atoms with E-state index in [1.807, 2.05) is 24.3 Å². The first-order chi connectivity index (χ1) is 8.36. The van der Waals surface area contributed by atoms with E-state index in [1.54, 1.807) is 6.08 Å². The molecule has 0 bridgehead atoms. The number of nitrogens with one attached hydrogen (secondary N) is 1. The Balaban J connectivity index is 1.78. The summed E-state index contributed by atoms with van der Waals surface area (Å²) in [5, 5.41) is 3.37. The van der Waals surface area contributed by atoms with Crippen LogP contribution in [0.4, 0.5) is 0 Å². The predicted molar refractivity (Wildman–Crippen MR) is 69.6 cm³/mol. The van der Waals surface area contributed by atoms with Gasteiger partial charge in [0.2, 0.25) is 0 Å². The molecule has 0 heterocycles. The molecule has 0 radical (unpaired) electrons. The van der Waals surface area contributed by atoms with Gasteiger partial charge in [-0.3, -0.25) is 4.79 Å². The van der Waals surface area contributed by atoms with Crippen LogP contribution in [0.3, 0.4) is 0 Å². The van der Waals surface area contributed by atoms with Gasteiger partial charge in [0.05, 0.1) is 0 Å². The fourth-order valence-electron chi connectivity index (χ4n) is 2.15. The Kier molecular flexibility index (Phi) is 4.51. The van der Waals surface area contributed by atoms with Gasteiger partial charge in [0.25, 0.3) is 0 Å². The standard InChI is InChI=1S/C15H19NO/c17-15-10-6-2-5-9-14(15)12-16-11-13-7-3-1-4-8-13/h1,3-4,6-8,10,14,16H,2,5,9,11-12H2. The van der Waals surface area contributed by atoms with Gasteiger partial charge in [0.1, 0.15) is 0 Å². The zero-order valence-corrected chi connectivity index (χ0v) is 10.1. The van der Waals surface area contributed by atoms with Gasteiger partial charge in [-0.25, -0.2) is 0 Å². The Morgan fingerprint density at radius 1 is 1.24 bits per heavy atom. The molecule has 1 aliphatic carbocycles. The third-order valence-electron chi connectivity index (χ3n) is 3.17. The first-order valence-electron chi connectivity index (χ1n) is 6.31. The van der Waals surface area contributed by atoms with Crippen molar-refractivity contribution in [3.63, 3.8) is 0 Å².